The van der Waals surface area contributed by atoms with Crippen molar-refractivity contribution in [2.45, 2.75) is 64.1 Å². The predicted octanol–water partition coefficient (Wildman–Crippen LogP) is 2.40. The summed E-state index contributed by atoms with van der Waals surface area (Å²) in [4.78, 5) is 2.33. The van der Waals surface area contributed by atoms with Gasteiger partial charge in [-0.2, -0.15) is 5.26 Å². The maximum absolute atomic E-state index is 9.65. The van der Waals surface area contributed by atoms with Crippen LogP contribution in [0, 0.1) is 17.2 Å². The van der Waals surface area contributed by atoms with E-state index in [9.17, 15) is 5.26 Å². The molecule has 0 spiro atoms. The van der Waals surface area contributed by atoms with E-state index in [4.69, 9.17) is 4.74 Å². The third-order valence-electron chi connectivity index (χ3n) is 4.56. The van der Waals surface area contributed by atoms with Crippen molar-refractivity contribution in [2.24, 2.45) is 5.92 Å². The first kappa shape index (κ1) is 17.4. The molecule has 116 valence electrons. The van der Waals surface area contributed by atoms with Gasteiger partial charge in [-0.25, -0.2) is 0 Å². The van der Waals surface area contributed by atoms with Crippen LogP contribution in [0.25, 0.3) is 0 Å². The van der Waals surface area contributed by atoms with E-state index in [1.54, 1.807) is 7.11 Å². The molecule has 0 heterocycles. The summed E-state index contributed by atoms with van der Waals surface area (Å²) < 4.78 is 5.20. The van der Waals surface area contributed by atoms with Crippen molar-refractivity contribution < 1.29 is 4.74 Å². The molecular weight excluding hydrogens is 250 g/mol. The van der Waals surface area contributed by atoms with Gasteiger partial charge in [-0.15, -0.1) is 0 Å². The van der Waals surface area contributed by atoms with Crippen LogP contribution in [-0.4, -0.2) is 49.8 Å². The zero-order valence-electron chi connectivity index (χ0n) is 13.8. The van der Waals surface area contributed by atoms with E-state index in [1.165, 1.54) is 6.42 Å². The van der Waals surface area contributed by atoms with Crippen LogP contribution in [0.3, 0.4) is 0 Å². The summed E-state index contributed by atoms with van der Waals surface area (Å²) in [5.74, 6) is 0.465. The van der Waals surface area contributed by atoms with Gasteiger partial charge < -0.3 is 9.64 Å². The Labute approximate surface area is 124 Å². The van der Waals surface area contributed by atoms with Crippen molar-refractivity contribution in [1.82, 2.24) is 10.2 Å². The van der Waals surface area contributed by atoms with E-state index in [0.29, 0.717) is 18.0 Å². The molecule has 1 aliphatic rings. The van der Waals surface area contributed by atoms with Crippen LogP contribution in [0.2, 0.25) is 0 Å². The Morgan fingerprint density at radius 3 is 2.70 bits per heavy atom. The number of hydrogen-bond acceptors (Lipinski definition) is 4. The number of hydrogen-bond donors (Lipinski definition) is 1. The van der Waals surface area contributed by atoms with Gasteiger partial charge in [0.15, 0.2) is 0 Å². The highest BCUT2D eigenvalue weighted by Crippen LogP contribution is 2.38. The van der Waals surface area contributed by atoms with Gasteiger partial charge in [0.05, 0.1) is 12.7 Å². The molecule has 0 aromatic carbocycles. The Morgan fingerprint density at radius 2 is 2.15 bits per heavy atom. The summed E-state index contributed by atoms with van der Waals surface area (Å²) >= 11 is 0. The molecule has 0 aliphatic heterocycles. The van der Waals surface area contributed by atoms with Crippen LogP contribution < -0.4 is 5.32 Å². The van der Waals surface area contributed by atoms with Gasteiger partial charge in [0.1, 0.15) is 5.54 Å². The van der Waals surface area contributed by atoms with Gasteiger partial charge in [-0.05, 0) is 59.5 Å². The first-order valence-electron chi connectivity index (χ1n) is 7.83. The van der Waals surface area contributed by atoms with Crippen LogP contribution in [0.4, 0.5) is 0 Å². The third kappa shape index (κ3) is 4.44. The first-order chi connectivity index (χ1) is 9.45. The van der Waals surface area contributed by atoms with Crippen molar-refractivity contribution in [3.63, 3.8) is 0 Å². The number of nitrogens with one attached hydrogen (secondary N) is 1. The molecule has 1 rings (SSSR count). The second kappa shape index (κ2) is 7.97. The fraction of sp³-hybridized carbons (Fsp3) is 0.938. The minimum Gasteiger partial charge on any atom is -0.383 e. The summed E-state index contributed by atoms with van der Waals surface area (Å²) in [6, 6.07) is 3.37. The fourth-order valence-corrected chi connectivity index (χ4v) is 3.30. The maximum Gasteiger partial charge on any atom is 0.109 e. The van der Waals surface area contributed by atoms with E-state index in [2.05, 4.69) is 44.1 Å². The van der Waals surface area contributed by atoms with Crippen LogP contribution in [0.5, 0.6) is 0 Å². The standard InChI is InChI=1S/C16H31N3O/c1-13(2)18-16(12-17)9-6-7-15(16)8-10-19(4)14(3)11-20-5/h13-15,18H,6-11H2,1-5H3. The zero-order valence-corrected chi connectivity index (χ0v) is 13.8. The number of nitriles is 1. The van der Waals surface area contributed by atoms with Crippen molar-refractivity contribution in [1.29, 1.82) is 5.26 Å². The SMILES string of the molecule is COCC(C)N(C)CCC1CCCC1(C#N)NC(C)C. The minimum absolute atomic E-state index is 0.306. The molecule has 1 fully saturated rings. The number of rotatable bonds is 8. The Morgan fingerprint density at radius 1 is 1.45 bits per heavy atom. The van der Waals surface area contributed by atoms with Gasteiger partial charge in [-0.3, -0.25) is 5.32 Å². The molecule has 0 saturated heterocycles. The Kier molecular flexibility index (Phi) is 6.94. The van der Waals surface area contributed by atoms with Gasteiger partial charge in [0.25, 0.3) is 0 Å². The molecule has 0 bridgehead atoms. The average Bonchev–Trinajstić information content (AvgIpc) is 2.78. The molecule has 4 heteroatoms. The Hall–Kier alpha value is -0.630. The fourth-order valence-electron chi connectivity index (χ4n) is 3.30. The maximum atomic E-state index is 9.65. The quantitative estimate of drug-likeness (QED) is 0.742. The molecule has 0 aromatic heterocycles. The van der Waals surface area contributed by atoms with Crippen molar-refractivity contribution >= 4 is 0 Å². The number of likely N-dealkylation sites (N-methyl/N-ethyl adjacent to an activating group) is 1. The normalized spacial score (nSPS) is 28.0. The summed E-state index contributed by atoms with van der Waals surface area (Å²) in [5.41, 5.74) is -0.306. The largest absolute Gasteiger partial charge is 0.383 e. The van der Waals surface area contributed by atoms with Gasteiger partial charge in [0.2, 0.25) is 0 Å². The zero-order chi connectivity index (χ0) is 15.2. The average molecular weight is 281 g/mol. The van der Waals surface area contributed by atoms with E-state index < -0.39 is 0 Å². The van der Waals surface area contributed by atoms with Crippen LogP contribution in [0.15, 0.2) is 0 Å². The van der Waals surface area contributed by atoms with Gasteiger partial charge in [0, 0.05) is 19.2 Å². The molecule has 20 heavy (non-hydrogen) atoms. The highest BCUT2D eigenvalue weighted by molar-refractivity contribution is 5.14. The second-order valence-electron chi connectivity index (χ2n) is 6.54. The lowest BCUT2D eigenvalue weighted by Crippen LogP contribution is -2.51. The molecule has 1 saturated carbocycles. The first-order valence-corrected chi connectivity index (χ1v) is 7.83. The van der Waals surface area contributed by atoms with Crippen LogP contribution in [-0.2, 0) is 4.74 Å². The van der Waals surface area contributed by atoms with E-state index in [0.717, 1.165) is 32.4 Å². The summed E-state index contributed by atoms with van der Waals surface area (Å²) in [7, 11) is 3.89. The number of methoxy groups -OCH3 is 1. The molecule has 3 unspecified atom stereocenters. The molecule has 3 atom stereocenters. The third-order valence-corrected chi connectivity index (χ3v) is 4.56. The monoisotopic (exact) mass is 281 g/mol. The Bertz CT molecular complexity index is 326. The molecule has 0 aromatic rings. The highest BCUT2D eigenvalue weighted by Gasteiger charge is 2.43. The second-order valence-corrected chi connectivity index (χ2v) is 6.54. The molecule has 0 radical (unpaired) electrons. The molecular formula is C16H31N3O. The number of nitrogens with zero attached hydrogens (tertiary/aromatic N) is 2. The Balaban J connectivity index is 2.55. The van der Waals surface area contributed by atoms with Crippen molar-refractivity contribution in [3.8, 4) is 6.07 Å². The lowest BCUT2D eigenvalue weighted by molar-refractivity contribution is 0.109. The predicted molar refractivity (Wildman–Crippen MR) is 82.5 cm³/mol. The smallest absolute Gasteiger partial charge is 0.109 e. The van der Waals surface area contributed by atoms with Crippen molar-refractivity contribution in [2.75, 3.05) is 27.3 Å². The summed E-state index contributed by atoms with van der Waals surface area (Å²) in [6.07, 6.45) is 4.40. The topological polar surface area (TPSA) is 48.3 Å². The number of ether oxygens (including phenoxy) is 1. The molecule has 1 aliphatic carbocycles. The lowest BCUT2D eigenvalue weighted by atomic mass is 9.85. The van der Waals surface area contributed by atoms with Crippen molar-refractivity contribution in [3.05, 3.63) is 0 Å². The summed E-state index contributed by atoms with van der Waals surface area (Å²) in [5, 5.41) is 13.2. The van der Waals surface area contributed by atoms with E-state index >= 15 is 0 Å². The van der Waals surface area contributed by atoms with Crippen LogP contribution >= 0.6 is 0 Å². The van der Waals surface area contributed by atoms with E-state index in [-0.39, 0.29) is 5.54 Å². The summed E-state index contributed by atoms with van der Waals surface area (Å²) in [6.45, 7) is 8.22. The molecule has 1 N–H and O–H groups in total. The van der Waals surface area contributed by atoms with E-state index in [1.807, 2.05) is 0 Å². The molecule has 4 nitrogen and oxygen atoms in total. The lowest BCUT2D eigenvalue weighted by Gasteiger charge is -2.33. The van der Waals surface area contributed by atoms with Gasteiger partial charge >= 0.3 is 0 Å². The highest BCUT2D eigenvalue weighted by atomic mass is 16.5. The minimum atomic E-state index is -0.306. The molecule has 0 amide bonds. The van der Waals surface area contributed by atoms with Crippen LogP contribution in [0.1, 0.15) is 46.5 Å². The van der Waals surface area contributed by atoms with Gasteiger partial charge in [-0.1, -0.05) is 6.42 Å².